The number of aryl methyl sites for hydroxylation is 2. The summed E-state index contributed by atoms with van der Waals surface area (Å²) in [5.41, 5.74) is -0.369. The third-order valence-corrected chi connectivity index (χ3v) is 5.41. The molecule has 0 aromatic carbocycles. The summed E-state index contributed by atoms with van der Waals surface area (Å²) in [5.74, 6) is 1.11. The Labute approximate surface area is 140 Å². The molecule has 0 bridgehead atoms. The number of hydrogen-bond acceptors (Lipinski definition) is 4. The van der Waals surface area contributed by atoms with E-state index in [1.807, 2.05) is 19.1 Å². The largest absolute Gasteiger partial charge is 0.466 e. The number of nitrogens with zero attached hydrogens (tertiary/aromatic N) is 1. The monoisotopic (exact) mass is 382 g/mol. The van der Waals surface area contributed by atoms with E-state index in [0.717, 1.165) is 14.4 Å². The number of amides is 3. The molecule has 0 radical (unpaired) electrons. The lowest BCUT2D eigenvalue weighted by atomic mass is 9.92. The minimum Gasteiger partial charge on any atom is -0.466 e. The van der Waals surface area contributed by atoms with Gasteiger partial charge in [0, 0.05) is 10.4 Å². The molecule has 3 amide bonds. The molecule has 2 aromatic rings. The van der Waals surface area contributed by atoms with E-state index in [4.69, 9.17) is 4.42 Å². The molecular weight excluding hydrogens is 368 g/mol. The van der Waals surface area contributed by atoms with Gasteiger partial charge in [-0.15, -0.1) is 11.3 Å². The summed E-state index contributed by atoms with van der Waals surface area (Å²) in [5, 5.41) is 2.80. The molecule has 0 saturated carbocycles. The van der Waals surface area contributed by atoms with Crippen LogP contribution in [0.3, 0.4) is 0 Å². The smallest absolute Gasteiger partial charge is 0.325 e. The predicted octanol–water partition coefficient (Wildman–Crippen LogP) is 3.69. The van der Waals surface area contributed by atoms with E-state index in [0.29, 0.717) is 11.3 Å². The Morgan fingerprint density at radius 2 is 2.09 bits per heavy atom. The third kappa shape index (κ3) is 2.38. The second-order valence-electron chi connectivity index (χ2n) is 5.48. The summed E-state index contributed by atoms with van der Waals surface area (Å²) >= 11 is 4.89. The average molecular weight is 383 g/mol. The normalized spacial score (nSPS) is 21.5. The van der Waals surface area contributed by atoms with Crippen LogP contribution in [0.5, 0.6) is 0 Å². The van der Waals surface area contributed by atoms with E-state index >= 15 is 0 Å². The van der Waals surface area contributed by atoms with Crippen LogP contribution in [-0.4, -0.2) is 16.8 Å². The quantitative estimate of drug-likeness (QED) is 0.823. The molecule has 1 atom stereocenters. The zero-order valence-corrected chi connectivity index (χ0v) is 14.8. The van der Waals surface area contributed by atoms with Crippen LogP contribution in [0.25, 0.3) is 0 Å². The first-order valence-electron chi connectivity index (χ1n) is 6.77. The van der Waals surface area contributed by atoms with Gasteiger partial charge < -0.3 is 9.73 Å². The van der Waals surface area contributed by atoms with E-state index in [1.165, 1.54) is 16.2 Å². The number of urea groups is 1. The molecule has 1 aliphatic rings. The average Bonchev–Trinajstić information content (AvgIpc) is 3.05. The molecule has 1 unspecified atom stereocenters. The predicted molar refractivity (Wildman–Crippen MR) is 86.6 cm³/mol. The van der Waals surface area contributed by atoms with E-state index < -0.39 is 5.54 Å². The fourth-order valence-corrected chi connectivity index (χ4v) is 4.22. The SMILES string of the molecule is Cc1cc(C2(C)NC(=O)N(Cc3ccc(Br)s3)C2=O)c(C)o1. The van der Waals surface area contributed by atoms with Crippen molar-refractivity contribution >= 4 is 39.2 Å². The molecule has 1 fully saturated rings. The lowest BCUT2D eigenvalue weighted by Crippen LogP contribution is -2.41. The highest BCUT2D eigenvalue weighted by atomic mass is 79.9. The van der Waals surface area contributed by atoms with E-state index in [2.05, 4.69) is 21.2 Å². The van der Waals surface area contributed by atoms with E-state index in [1.54, 1.807) is 19.9 Å². The molecule has 0 spiro atoms. The van der Waals surface area contributed by atoms with Gasteiger partial charge in [0.2, 0.25) is 0 Å². The minimum absolute atomic E-state index is 0.258. The Morgan fingerprint density at radius 1 is 1.36 bits per heavy atom. The van der Waals surface area contributed by atoms with Gasteiger partial charge in [0.15, 0.2) is 0 Å². The topological polar surface area (TPSA) is 62.6 Å². The summed E-state index contributed by atoms with van der Waals surface area (Å²) < 4.78 is 6.48. The lowest BCUT2D eigenvalue weighted by Gasteiger charge is -2.21. The number of thiophene rings is 1. The number of halogens is 1. The number of nitrogens with one attached hydrogen (secondary N) is 1. The summed E-state index contributed by atoms with van der Waals surface area (Å²) in [6.07, 6.45) is 0. The van der Waals surface area contributed by atoms with Crippen LogP contribution in [0.2, 0.25) is 0 Å². The molecule has 5 nitrogen and oxygen atoms in total. The van der Waals surface area contributed by atoms with E-state index in [9.17, 15) is 9.59 Å². The molecule has 7 heteroatoms. The second-order valence-corrected chi connectivity index (χ2v) is 8.03. The molecule has 116 valence electrons. The number of hydrogen-bond donors (Lipinski definition) is 1. The fraction of sp³-hybridized carbons (Fsp3) is 0.333. The van der Waals surface area contributed by atoms with Gasteiger partial charge in [-0.05, 0) is 54.9 Å². The summed E-state index contributed by atoms with van der Waals surface area (Å²) in [4.78, 5) is 27.3. The van der Waals surface area contributed by atoms with Gasteiger partial charge in [0.05, 0.1) is 10.3 Å². The van der Waals surface area contributed by atoms with Crippen LogP contribution < -0.4 is 5.32 Å². The van der Waals surface area contributed by atoms with Gasteiger partial charge in [0.1, 0.15) is 17.1 Å². The molecule has 1 aliphatic heterocycles. The minimum atomic E-state index is -1.08. The molecule has 22 heavy (non-hydrogen) atoms. The Bertz CT molecular complexity index is 767. The Morgan fingerprint density at radius 3 is 2.64 bits per heavy atom. The number of carbonyl (C=O) groups excluding carboxylic acids is 2. The van der Waals surface area contributed by atoms with Crippen LogP contribution in [0.1, 0.15) is 28.9 Å². The van der Waals surface area contributed by atoms with Crippen molar-refractivity contribution in [1.29, 1.82) is 0 Å². The van der Waals surface area contributed by atoms with Crippen molar-refractivity contribution in [2.75, 3.05) is 0 Å². The highest BCUT2D eigenvalue weighted by Gasteiger charge is 2.50. The zero-order chi connectivity index (χ0) is 16.1. The van der Waals surface area contributed by atoms with Gasteiger partial charge >= 0.3 is 6.03 Å². The van der Waals surface area contributed by atoms with Crippen LogP contribution in [0, 0.1) is 13.8 Å². The summed E-state index contributed by atoms with van der Waals surface area (Å²) in [6.45, 7) is 5.61. The van der Waals surface area contributed by atoms with Gasteiger partial charge in [-0.1, -0.05) is 0 Å². The Hall–Kier alpha value is -1.60. The first-order chi connectivity index (χ1) is 10.3. The van der Waals surface area contributed by atoms with Crippen LogP contribution in [0.15, 0.2) is 26.4 Å². The van der Waals surface area contributed by atoms with E-state index in [-0.39, 0.29) is 18.5 Å². The molecular formula is C15H15BrN2O3S. The van der Waals surface area contributed by atoms with Gasteiger partial charge in [-0.3, -0.25) is 9.69 Å². The summed E-state index contributed by atoms with van der Waals surface area (Å²) in [7, 11) is 0. The Balaban J connectivity index is 1.92. The lowest BCUT2D eigenvalue weighted by molar-refractivity contribution is -0.131. The zero-order valence-electron chi connectivity index (χ0n) is 12.4. The van der Waals surface area contributed by atoms with Crippen LogP contribution >= 0.6 is 27.3 Å². The maximum Gasteiger partial charge on any atom is 0.325 e. The molecule has 1 saturated heterocycles. The first kappa shape index (κ1) is 15.3. The number of carbonyl (C=O) groups is 2. The second kappa shape index (κ2) is 5.24. The molecule has 3 heterocycles. The number of rotatable bonds is 3. The van der Waals surface area contributed by atoms with Crippen molar-refractivity contribution in [1.82, 2.24) is 10.2 Å². The summed E-state index contributed by atoms with van der Waals surface area (Å²) in [6, 6.07) is 5.23. The van der Waals surface area contributed by atoms with Crippen molar-refractivity contribution in [2.45, 2.75) is 32.9 Å². The maximum absolute atomic E-state index is 12.8. The van der Waals surface area contributed by atoms with Gasteiger partial charge in [-0.2, -0.15) is 0 Å². The van der Waals surface area contributed by atoms with Crippen LogP contribution in [0.4, 0.5) is 4.79 Å². The first-order valence-corrected chi connectivity index (χ1v) is 8.38. The van der Waals surface area contributed by atoms with Crippen molar-refractivity contribution in [2.24, 2.45) is 0 Å². The van der Waals surface area contributed by atoms with Crippen molar-refractivity contribution < 1.29 is 14.0 Å². The van der Waals surface area contributed by atoms with Crippen molar-refractivity contribution in [3.8, 4) is 0 Å². The highest BCUT2D eigenvalue weighted by Crippen LogP contribution is 2.34. The van der Waals surface area contributed by atoms with Crippen molar-refractivity contribution in [3.05, 3.63) is 43.9 Å². The van der Waals surface area contributed by atoms with Gasteiger partial charge in [0.25, 0.3) is 5.91 Å². The number of furan rings is 1. The van der Waals surface area contributed by atoms with Crippen LogP contribution in [-0.2, 0) is 16.9 Å². The Kier molecular flexibility index (Phi) is 3.65. The molecule has 0 aliphatic carbocycles. The third-order valence-electron chi connectivity index (χ3n) is 3.80. The number of imide groups is 1. The molecule has 3 rings (SSSR count). The maximum atomic E-state index is 12.8. The highest BCUT2D eigenvalue weighted by molar-refractivity contribution is 9.11. The van der Waals surface area contributed by atoms with Crippen molar-refractivity contribution in [3.63, 3.8) is 0 Å². The fourth-order valence-electron chi connectivity index (χ4n) is 2.74. The molecule has 2 aromatic heterocycles. The van der Waals surface area contributed by atoms with Gasteiger partial charge in [-0.25, -0.2) is 4.79 Å². The standard InChI is InChI=1S/C15H15BrN2O3S/c1-8-6-11(9(2)21-8)15(3)13(19)18(14(20)17-15)7-10-4-5-12(16)22-10/h4-6H,7H2,1-3H3,(H,17,20). The molecule has 1 N–H and O–H groups in total.